The van der Waals surface area contributed by atoms with Crippen LogP contribution >= 0.6 is 15.9 Å². The Bertz CT molecular complexity index is 129. The monoisotopic (exact) mass is 192 g/mol. The lowest BCUT2D eigenvalue weighted by atomic mass is 10.3. The molecule has 0 saturated heterocycles. The lowest BCUT2D eigenvalue weighted by Gasteiger charge is -1.99. The van der Waals surface area contributed by atoms with Crippen LogP contribution < -0.4 is 0 Å². The zero-order chi connectivity index (χ0) is 7.28. The number of ether oxygens (including phenoxy) is 1. The van der Waals surface area contributed by atoms with Crippen LogP contribution in [0.4, 0.5) is 0 Å². The van der Waals surface area contributed by atoms with Crippen LogP contribution in [0.2, 0.25) is 0 Å². The largest absolute Gasteiger partial charge is 0.500 e. The van der Waals surface area contributed by atoms with Gasteiger partial charge >= 0.3 is 0 Å². The zero-order valence-corrected chi connectivity index (χ0v) is 7.06. The second-order valence-electron chi connectivity index (χ2n) is 1.66. The smallest absolute Gasteiger partial charge is 0.137 e. The average molecular weight is 193 g/mol. The van der Waals surface area contributed by atoms with Crippen molar-refractivity contribution < 1.29 is 9.53 Å². The molecule has 0 rings (SSSR count). The molecular weight excluding hydrogens is 184 g/mol. The third kappa shape index (κ3) is 4.21. The topological polar surface area (TPSA) is 26.3 Å². The minimum Gasteiger partial charge on any atom is -0.500 e. The summed E-state index contributed by atoms with van der Waals surface area (Å²) in [5.41, 5.74) is 0. The molecule has 52 valence electrons. The summed E-state index contributed by atoms with van der Waals surface area (Å²) in [4.78, 5) is 12.0. The highest BCUT2D eigenvalue weighted by atomic mass is 79.9. The van der Waals surface area contributed by atoms with Crippen molar-refractivity contribution in [3.63, 3.8) is 0 Å². The van der Waals surface area contributed by atoms with Gasteiger partial charge in [-0.05, 0) is 6.92 Å². The molecule has 0 radical (unpaired) electrons. The van der Waals surface area contributed by atoms with E-state index in [1.165, 1.54) is 14.0 Å². The first-order valence-corrected chi connectivity index (χ1v) is 3.45. The summed E-state index contributed by atoms with van der Waals surface area (Å²) in [5.74, 6) is 0.755. The first-order valence-electron chi connectivity index (χ1n) is 2.53. The van der Waals surface area contributed by atoms with E-state index in [1.54, 1.807) is 4.99 Å². The number of ketones is 1. The van der Waals surface area contributed by atoms with E-state index in [4.69, 9.17) is 4.74 Å². The minimum atomic E-state index is 0.0996. The van der Waals surface area contributed by atoms with Gasteiger partial charge in [0.15, 0.2) is 0 Å². The van der Waals surface area contributed by atoms with Crippen molar-refractivity contribution in [1.82, 2.24) is 0 Å². The van der Waals surface area contributed by atoms with Gasteiger partial charge in [0.1, 0.15) is 11.5 Å². The molecule has 2 nitrogen and oxygen atoms in total. The molecule has 0 aliphatic carbocycles. The Morgan fingerprint density at radius 3 is 2.44 bits per heavy atom. The van der Waals surface area contributed by atoms with Crippen LogP contribution in [0, 0.1) is 0 Å². The van der Waals surface area contributed by atoms with Crippen LogP contribution in [-0.2, 0) is 9.53 Å². The molecule has 3 heteroatoms. The first-order chi connectivity index (χ1) is 4.20. The number of carbonyl (C=O) groups excluding carboxylic acids is 1. The molecule has 9 heavy (non-hydrogen) atoms. The molecule has 0 saturated carbocycles. The number of Topliss-reactive ketones (excluding diaryl/α,β-unsaturated/α-hetero) is 1. The lowest BCUT2D eigenvalue weighted by molar-refractivity contribution is -0.116. The summed E-state index contributed by atoms with van der Waals surface area (Å²) in [6, 6.07) is 0. The lowest BCUT2D eigenvalue weighted by Crippen LogP contribution is -1.94. The fraction of sp³-hybridized carbons (Fsp3) is 0.500. The maximum absolute atomic E-state index is 10.4. The van der Waals surface area contributed by atoms with Gasteiger partial charge in [0.2, 0.25) is 0 Å². The van der Waals surface area contributed by atoms with E-state index in [0.29, 0.717) is 12.2 Å². The highest BCUT2D eigenvalue weighted by Gasteiger charge is 1.97. The Hall–Kier alpha value is -0.310. The van der Waals surface area contributed by atoms with Crippen molar-refractivity contribution in [1.29, 1.82) is 0 Å². The predicted octanol–water partition coefficient (Wildman–Crippen LogP) is 1.85. The summed E-state index contributed by atoms with van der Waals surface area (Å²) in [7, 11) is 1.54. The second kappa shape index (κ2) is 4.56. The van der Waals surface area contributed by atoms with Crippen molar-refractivity contribution >= 4 is 21.7 Å². The van der Waals surface area contributed by atoms with Crippen LogP contribution in [0.5, 0.6) is 0 Å². The van der Waals surface area contributed by atoms with Crippen LogP contribution in [0.1, 0.15) is 13.3 Å². The zero-order valence-electron chi connectivity index (χ0n) is 5.48. The van der Waals surface area contributed by atoms with Gasteiger partial charge in [-0.1, -0.05) is 15.9 Å². The van der Waals surface area contributed by atoms with Crippen molar-refractivity contribution in [3.8, 4) is 0 Å². The van der Waals surface area contributed by atoms with Crippen molar-refractivity contribution in [2.24, 2.45) is 0 Å². The molecule has 0 bridgehead atoms. The summed E-state index contributed by atoms with van der Waals surface area (Å²) in [6.45, 7) is 1.52. The van der Waals surface area contributed by atoms with Gasteiger partial charge in [0, 0.05) is 4.99 Å². The van der Waals surface area contributed by atoms with E-state index in [-0.39, 0.29) is 5.78 Å². The number of halogens is 1. The Kier molecular flexibility index (Phi) is 4.40. The molecule has 0 N–H and O–H groups in total. The highest BCUT2D eigenvalue weighted by molar-refractivity contribution is 9.11. The summed E-state index contributed by atoms with van der Waals surface area (Å²) in [5, 5.41) is 0. The Morgan fingerprint density at radius 1 is 1.78 bits per heavy atom. The summed E-state index contributed by atoms with van der Waals surface area (Å²) < 4.78 is 4.80. The van der Waals surface area contributed by atoms with Crippen LogP contribution in [-0.4, -0.2) is 12.9 Å². The van der Waals surface area contributed by atoms with E-state index >= 15 is 0 Å². The van der Waals surface area contributed by atoms with E-state index in [2.05, 4.69) is 15.9 Å². The van der Waals surface area contributed by atoms with Gasteiger partial charge in [0.05, 0.1) is 13.5 Å². The second-order valence-corrected chi connectivity index (χ2v) is 2.12. The molecule has 0 amide bonds. The molecule has 0 atom stereocenters. The average Bonchev–Trinajstić information content (AvgIpc) is 1.82. The molecule has 0 aromatic carbocycles. The Labute approximate surface area is 63.0 Å². The van der Waals surface area contributed by atoms with Crippen LogP contribution in [0.15, 0.2) is 10.7 Å². The number of methoxy groups -OCH3 is 1. The Balaban J connectivity index is 3.71. The molecular formula is C6H9BrO2. The molecule has 0 aromatic heterocycles. The maximum Gasteiger partial charge on any atom is 0.137 e. The number of rotatable bonds is 3. The number of allylic oxidation sites excluding steroid dienone is 1. The summed E-state index contributed by atoms with van der Waals surface area (Å²) >= 11 is 3.07. The molecule has 0 fully saturated rings. The van der Waals surface area contributed by atoms with E-state index in [0.717, 1.165) is 0 Å². The molecule has 0 heterocycles. The molecule has 0 aromatic rings. The van der Waals surface area contributed by atoms with Gasteiger partial charge in [0.25, 0.3) is 0 Å². The van der Waals surface area contributed by atoms with Gasteiger partial charge < -0.3 is 4.74 Å². The SMILES string of the molecule is CO/C(=C\Br)CC(C)=O. The van der Waals surface area contributed by atoms with E-state index < -0.39 is 0 Å². The van der Waals surface area contributed by atoms with Gasteiger partial charge in [-0.15, -0.1) is 0 Å². The molecule has 0 spiro atoms. The Morgan fingerprint density at radius 2 is 2.33 bits per heavy atom. The van der Waals surface area contributed by atoms with Gasteiger partial charge in [-0.3, -0.25) is 4.79 Å². The third-order valence-electron chi connectivity index (χ3n) is 0.807. The van der Waals surface area contributed by atoms with Crippen molar-refractivity contribution in [2.75, 3.05) is 7.11 Å². The van der Waals surface area contributed by atoms with E-state index in [1.807, 2.05) is 0 Å². The highest BCUT2D eigenvalue weighted by Crippen LogP contribution is 2.04. The van der Waals surface area contributed by atoms with Gasteiger partial charge in [-0.25, -0.2) is 0 Å². The standard InChI is InChI=1S/C6H9BrO2/c1-5(8)3-6(4-7)9-2/h4H,3H2,1-2H3/b6-4-. The normalized spacial score (nSPS) is 11.2. The van der Waals surface area contributed by atoms with Crippen LogP contribution in [0.25, 0.3) is 0 Å². The van der Waals surface area contributed by atoms with Crippen LogP contribution in [0.3, 0.4) is 0 Å². The number of carbonyl (C=O) groups is 1. The quantitative estimate of drug-likeness (QED) is 0.639. The molecule has 0 aliphatic rings. The van der Waals surface area contributed by atoms with Crippen molar-refractivity contribution in [3.05, 3.63) is 10.7 Å². The first kappa shape index (κ1) is 8.69. The fourth-order valence-corrected chi connectivity index (χ4v) is 0.749. The predicted molar refractivity (Wildman–Crippen MR) is 39.3 cm³/mol. The maximum atomic E-state index is 10.4. The molecule has 0 aliphatic heterocycles. The third-order valence-corrected chi connectivity index (χ3v) is 1.32. The van der Waals surface area contributed by atoms with Gasteiger partial charge in [-0.2, -0.15) is 0 Å². The van der Waals surface area contributed by atoms with Crippen molar-refractivity contribution in [2.45, 2.75) is 13.3 Å². The number of hydrogen-bond acceptors (Lipinski definition) is 2. The fourth-order valence-electron chi connectivity index (χ4n) is 0.401. The summed E-state index contributed by atoms with van der Waals surface area (Å²) in [6.07, 6.45) is 0.363. The minimum absolute atomic E-state index is 0.0996. The number of hydrogen-bond donors (Lipinski definition) is 0. The van der Waals surface area contributed by atoms with E-state index in [9.17, 15) is 4.79 Å². The molecule has 0 unspecified atom stereocenters.